The fourth-order valence-corrected chi connectivity index (χ4v) is 5.40. The fraction of sp³-hybridized carbons (Fsp3) is 0.417. The van der Waals surface area contributed by atoms with E-state index in [1.807, 2.05) is 13.1 Å². The zero-order valence-corrected chi connectivity index (χ0v) is 17.5. The van der Waals surface area contributed by atoms with E-state index in [0.29, 0.717) is 24.7 Å². The number of benzene rings is 1. The van der Waals surface area contributed by atoms with Crippen LogP contribution >= 0.6 is 0 Å². The molecule has 2 N–H and O–H groups in total. The molecule has 6 nitrogen and oxygen atoms in total. The molecule has 3 aromatic rings. The third kappa shape index (κ3) is 2.89. The number of aryl methyl sites for hydroxylation is 1. The Labute approximate surface area is 176 Å². The summed E-state index contributed by atoms with van der Waals surface area (Å²) in [4.78, 5) is 7.27. The monoisotopic (exact) mass is 401 g/mol. The first-order chi connectivity index (χ1) is 14.7. The van der Waals surface area contributed by atoms with Gasteiger partial charge in [0.2, 0.25) is 5.88 Å². The highest BCUT2D eigenvalue weighted by molar-refractivity contribution is 5.78. The minimum atomic E-state index is 0.546. The molecule has 1 unspecified atom stereocenters. The summed E-state index contributed by atoms with van der Waals surface area (Å²) in [6.45, 7) is 2.59. The van der Waals surface area contributed by atoms with E-state index >= 15 is 0 Å². The number of H-pyrrole nitrogens is 1. The highest BCUT2D eigenvalue weighted by atomic mass is 16.5. The normalized spacial score (nSPS) is 24.1. The minimum absolute atomic E-state index is 0.546. The van der Waals surface area contributed by atoms with Crippen LogP contribution in [0.3, 0.4) is 0 Å². The summed E-state index contributed by atoms with van der Waals surface area (Å²) in [5, 5.41) is 10.9. The van der Waals surface area contributed by atoms with Gasteiger partial charge in [-0.3, -0.25) is 5.10 Å². The van der Waals surface area contributed by atoms with Gasteiger partial charge in [-0.1, -0.05) is 12.1 Å². The molecule has 6 rings (SSSR count). The van der Waals surface area contributed by atoms with Gasteiger partial charge in [-0.2, -0.15) is 10.1 Å². The number of ether oxygens (including phenoxy) is 1. The smallest absolute Gasteiger partial charge is 0.223 e. The first-order valence-electron chi connectivity index (χ1n) is 10.9. The number of pyridine rings is 1. The van der Waals surface area contributed by atoms with Crippen molar-refractivity contribution < 1.29 is 4.74 Å². The van der Waals surface area contributed by atoms with Gasteiger partial charge in [0, 0.05) is 42.0 Å². The number of anilines is 1. The van der Waals surface area contributed by atoms with Gasteiger partial charge in [-0.15, -0.1) is 0 Å². The molecule has 0 saturated carbocycles. The first kappa shape index (κ1) is 18.0. The Balaban J connectivity index is 1.29. The van der Waals surface area contributed by atoms with E-state index in [1.54, 1.807) is 0 Å². The summed E-state index contributed by atoms with van der Waals surface area (Å²) in [5.74, 6) is 1.75. The van der Waals surface area contributed by atoms with Gasteiger partial charge in [0.1, 0.15) is 12.4 Å². The standard InChI is InChI=1S/C24H27N5O/c1-14-22(12-25-28-14)15-3-6-20-16(9-15)13-30-24-21(20)7-8-23(27-24)29(2)19-10-17-4-5-18(11-19)26-17/h3,6-9,12,17-19,26H,4-5,10-11,13H2,1-2H3,(H,25,28)/t17-,18+,19?. The van der Waals surface area contributed by atoms with Crippen molar-refractivity contribution in [3.8, 4) is 28.1 Å². The summed E-state index contributed by atoms with van der Waals surface area (Å²) in [6.07, 6.45) is 6.91. The van der Waals surface area contributed by atoms with E-state index < -0.39 is 0 Å². The number of rotatable bonds is 3. The van der Waals surface area contributed by atoms with Crippen molar-refractivity contribution in [1.29, 1.82) is 0 Å². The molecular formula is C24H27N5O. The molecule has 0 amide bonds. The van der Waals surface area contributed by atoms with Crippen molar-refractivity contribution in [2.75, 3.05) is 11.9 Å². The van der Waals surface area contributed by atoms with Gasteiger partial charge < -0.3 is 15.0 Å². The molecule has 3 aliphatic heterocycles. The highest BCUT2D eigenvalue weighted by Gasteiger charge is 2.35. The first-order valence-corrected chi connectivity index (χ1v) is 10.9. The van der Waals surface area contributed by atoms with Crippen molar-refractivity contribution in [3.05, 3.63) is 47.8 Å². The molecule has 30 heavy (non-hydrogen) atoms. The Hall–Kier alpha value is -2.86. The van der Waals surface area contributed by atoms with Crippen LogP contribution in [0, 0.1) is 6.92 Å². The molecule has 5 heterocycles. The third-order valence-electron chi connectivity index (χ3n) is 7.10. The van der Waals surface area contributed by atoms with Crippen LogP contribution in [0.4, 0.5) is 5.82 Å². The highest BCUT2D eigenvalue weighted by Crippen LogP contribution is 2.40. The Morgan fingerprint density at radius 2 is 1.83 bits per heavy atom. The molecule has 0 spiro atoms. The van der Waals surface area contributed by atoms with Crippen LogP contribution in [0.2, 0.25) is 0 Å². The molecule has 6 heteroatoms. The predicted octanol–water partition coefficient (Wildman–Crippen LogP) is 4.06. The van der Waals surface area contributed by atoms with E-state index in [9.17, 15) is 0 Å². The van der Waals surface area contributed by atoms with Gasteiger partial charge in [0.25, 0.3) is 0 Å². The van der Waals surface area contributed by atoms with Gasteiger partial charge in [-0.25, -0.2) is 0 Å². The molecule has 2 aromatic heterocycles. The van der Waals surface area contributed by atoms with Crippen LogP contribution in [0.5, 0.6) is 5.88 Å². The third-order valence-corrected chi connectivity index (χ3v) is 7.10. The molecule has 0 aliphatic carbocycles. The summed E-state index contributed by atoms with van der Waals surface area (Å²) in [7, 11) is 2.18. The quantitative estimate of drug-likeness (QED) is 0.693. The predicted molar refractivity (Wildman–Crippen MR) is 118 cm³/mol. The van der Waals surface area contributed by atoms with Gasteiger partial charge >= 0.3 is 0 Å². The second-order valence-corrected chi connectivity index (χ2v) is 8.97. The second-order valence-electron chi connectivity index (χ2n) is 8.97. The number of hydrogen-bond acceptors (Lipinski definition) is 5. The van der Waals surface area contributed by atoms with Gasteiger partial charge in [0.15, 0.2) is 0 Å². The number of aromatic amines is 1. The number of aromatic nitrogens is 3. The number of piperidine rings is 1. The number of nitrogens with one attached hydrogen (secondary N) is 2. The van der Waals surface area contributed by atoms with Crippen LogP contribution in [0.25, 0.3) is 22.3 Å². The molecule has 2 bridgehead atoms. The zero-order chi connectivity index (χ0) is 20.2. The lowest BCUT2D eigenvalue weighted by atomic mass is 9.94. The van der Waals surface area contributed by atoms with Crippen molar-refractivity contribution >= 4 is 5.82 Å². The molecule has 1 aromatic carbocycles. The Bertz CT molecular complexity index is 1090. The zero-order valence-electron chi connectivity index (χ0n) is 17.5. The van der Waals surface area contributed by atoms with Crippen molar-refractivity contribution in [3.63, 3.8) is 0 Å². The number of hydrogen-bond donors (Lipinski definition) is 2. The molecule has 2 saturated heterocycles. The molecule has 154 valence electrons. The molecular weight excluding hydrogens is 374 g/mol. The maximum atomic E-state index is 6.11. The lowest BCUT2D eigenvalue weighted by Crippen LogP contribution is -2.47. The topological polar surface area (TPSA) is 66.1 Å². The van der Waals surface area contributed by atoms with Crippen molar-refractivity contribution in [2.24, 2.45) is 0 Å². The summed E-state index contributed by atoms with van der Waals surface area (Å²) < 4.78 is 6.11. The molecule has 2 fully saturated rings. The van der Waals surface area contributed by atoms with Gasteiger partial charge in [-0.05, 0) is 67.5 Å². The number of nitrogens with zero attached hydrogens (tertiary/aromatic N) is 3. The second kappa shape index (κ2) is 6.84. The van der Waals surface area contributed by atoms with Crippen LogP contribution in [-0.2, 0) is 6.61 Å². The summed E-state index contributed by atoms with van der Waals surface area (Å²) in [5.41, 5.74) is 6.86. The lowest BCUT2D eigenvalue weighted by Gasteiger charge is -2.36. The Morgan fingerprint density at radius 3 is 2.60 bits per heavy atom. The van der Waals surface area contributed by atoms with Crippen LogP contribution < -0.4 is 15.0 Å². The average molecular weight is 402 g/mol. The van der Waals surface area contributed by atoms with Crippen LogP contribution in [0.1, 0.15) is 36.9 Å². The molecule has 0 radical (unpaired) electrons. The number of fused-ring (bicyclic) bond motifs is 5. The van der Waals surface area contributed by atoms with Gasteiger partial charge in [0.05, 0.1) is 6.20 Å². The van der Waals surface area contributed by atoms with E-state index in [2.05, 4.69) is 57.8 Å². The SMILES string of the molecule is Cc1[nH]ncc1-c1ccc2c(c1)COc1nc(N(C)C3C[C@H]4CC[C@@H](C3)N4)ccc1-2. The Morgan fingerprint density at radius 1 is 1.03 bits per heavy atom. The average Bonchev–Trinajstić information content (AvgIpc) is 3.36. The largest absolute Gasteiger partial charge is 0.472 e. The van der Waals surface area contributed by atoms with E-state index in [4.69, 9.17) is 9.72 Å². The van der Waals surface area contributed by atoms with Crippen LogP contribution in [-0.4, -0.2) is 40.4 Å². The van der Waals surface area contributed by atoms with E-state index in [1.165, 1.54) is 36.8 Å². The maximum Gasteiger partial charge on any atom is 0.223 e. The van der Waals surface area contributed by atoms with E-state index in [-0.39, 0.29) is 0 Å². The van der Waals surface area contributed by atoms with Crippen LogP contribution in [0.15, 0.2) is 36.5 Å². The van der Waals surface area contributed by atoms with Crippen molar-refractivity contribution in [1.82, 2.24) is 20.5 Å². The minimum Gasteiger partial charge on any atom is -0.472 e. The lowest BCUT2D eigenvalue weighted by molar-refractivity contribution is 0.289. The Kier molecular flexibility index (Phi) is 4.09. The summed E-state index contributed by atoms with van der Waals surface area (Å²) in [6, 6.07) is 12.8. The molecule has 3 aliphatic rings. The van der Waals surface area contributed by atoms with Crippen molar-refractivity contribution in [2.45, 2.75) is 57.3 Å². The maximum absolute atomic E-state index is 6.11. The fourth-order valence-electron chi connectivity index (χ4n) is 5.40. The van der Waals surface area contributed by atoms with E-state index in [0.717, 1.165) is 34.1 Å². The summed E-state index contributed by atoms with van der Waals surface area (Å²) >= 11 is 0. The molecule has 3 atom stereocenters.